The number of aliphatic hydroxyl groups is 3. The normalized spacial score (nSPS) is 26.0. The Kier molecular flexibility index (Phi) is 6.53. The van der Waals surface area contributed by atoms with Crippen molar-refractivity contribution in [2.24, 2.45) is 0 Å². The van der Waals surface area contributed by atoms with E-state index in [1.807, 2.05) is 0 Å². The third kappa shape index (κ3) is 4.52. The second-order valence-electron chi connectivity index (χ2n) is 6.69. The van der Waals surface area contributed by atoms with Gasteiger partial charge in [-0.15, -0.1) is 0 Å². The fourth-order valence-electron chi connectivity index (χ4n) is 2.92. The van der Waals surface area contributed by atoms with E-state index in [-0.39, 0.29) is 22.5 Å². The summed E-state index contributed by atoms with van der Waals surface area (Å²) >= 11 is 0. The quantitative estimate of drug-likeness (QED) is 0.319. The van der Waals surface area contributed by atoms with Gasteiger partial charge in [-0.25, -0.2) is 9.59 Å². The minimum Gasteiger partial charge on any atom is -0.459 e. The summed E-state index contributed by atoms with van der Waals surface area (Å²) in [5, 5.41) is 30.4. The van der Waals surface area contributed by atoms with Crippen molar-refractivity contribution in [3.8, 4) is 0 Å². The maximum Gasteiger partial charge on any atom is 0.342 e. The average Bonchev–Trinajstić information content (AvgIpc) is 2.73. The zero-order valence-corrected chi connectivity index (χ0v) is 15.8. The van der Waals surface area contributed by atoms with E-state index in [0.717, 1.165) is 0 Å². The summed E-state index contributed by atoms with van der Waals surface area (Å²) in [6.45, 7) is -0.486. The first-order valence-electron chi connectivity index (χ1n) is 9.06. The van der Waals surface area contributed by atoms with Gasteiger partial charge in [-0.1, -0.05) is 24.3 Å². The van der Waals surface area contributed by atoms with Gasteiger partial charge in [-0.3, -0.25) is 0 Å². The van der Waals surface area contributed by atoms with E-state index in [1.165, 1.54) is 24.3 Å². The number of carbonyl (C=O) groups is 2. The van der Waals surface area contributed by atoms with Gasteiger partial charge < -0.3 is 41.0 Å². The standard InChI is InChI=1S/C20H22N2O8/c21-12-7-3-1-5-10(12)18(26)28-9-14-15(23)16(24)17(25)20(29-14)30-19(27)11-6-2-4-8-13(11)22/h1-8,14-17,20,23-25H,9,21-22H2/t14-,15-,16+,17-,20+/m1/s1. The van der Waals surface area contributed by atoms with Gasteiger partial charge in [0, 0.05) is 11.4 Å². The molecule has 160 valence electrons. The number of ether oxygens (including phenoxy) is 3. The number of carbonyl (C=O) groups excluding carboxylic acids is 2. The average molecular weight is 418 g/mol. The maximum absolute atomic E-state index is 12.3. The molecule has 0 radical (unpaired) electrons. The van der Waals surface area contributed by atoms with Crippen LogP contribution >= 0.6 is 0 Å². The van der Waals surface area contributed by atoms with E-state index >= 15 is 0 Å². The molecule has 1 fully saturated rings. The Hall–Kier alpha value is -3.18. The highest BCUT2D eigenvalue weighted by molar-refractivity contribution is 5.95. The lowest BCUT2D eigenvalue weighted by Crippen LogP contribution is -2.59. The van der Waals surface area contributed by atoms with Crippen LogP contribution in [0.15, 0.2) is 48.5 Å². The van der Waals surface area contributed by atoms with Crippen molar-refractivity contribution >= 4 is 23.3 Å². The molecule has 1 saturated heterocycles. The van der Waals surface area contributed by atoms with Crippen molar-refractivity contribution in [1.29, 1.82) is 0 Å². The van der Waals surface area contributed by atoms with Crippen LogP contribution < -0.4 is 11.5 Å². The smallest absolute Gasteiger partial charge is 0.342 e. The lowest BCUT2D eigenvalue weighted by Gasteiger charge is -2.39. The predicted molar refractivity (Wildman–Crippen MR) is 104 cm³/mol. The van der Waals surface area contributed by atoms with E-state index in [1.54, 1.807) is 24.3 Å². The summed E-state index contributed by atoms with van der Waals surface area (Å²) in [7, 11) is 0. The number of hydrogen-bond donors (Lipinski definition) is 5. The molecule has 10 heteroatoms. The van der Waals surface area contributed by atoms with E-state index in [4.69, 9.17) is 25.7 Å². The minimum absolute atomic E-state index is 0.0384. The zero-order chi connectivity index (χ0) is 21.8. The molecular formula is C20H22N2O8. The molecule has 0 aliphatic carbocycles. The number of hydrogen-bond acceptors (Lipinski definition) is 10. The first-order chi connectivity index (χ1) is 14.3. The summed E-state index contributed by atoms with van der Waals surface area (Å²) in [4.78, 5) is 24.5. The molecule has 0 saturated carbocycles. The second-order valence-corrected chi connectivity index (χ2v) is 6.69. The minimum atomic E-state index is -1.73. The molecule has 10 nitrogen and oxygen atoms in total. The Morgan fingerprint density at radius 2 is 1.37 bits per heavy atom. The van der Waals surface area contributed by atoms with Crippen LogP contribution in [0, 0.1) is 0 Å². The van der Waals surface area contributed by atoms with Gasteiger partial charge in [0.05, 0.1) is 11.1 Å². The third-order valence-electron chi connectivity index (χ3n) is 4.63. The number of esters is 2. The number of anilines is 2. The summed E-state index contributed by atoms with van der Waals surface area (Å²) < 4.78 is 15.6. The topological polar surface area (TPSA) is 175 Å². The number of aliphatic hydroxyl groups excluding tert-OH is 3. The molecule has 0 aromatic heterocycles. The molecule has 0 bridgehead atoms. The second kappa shape index (κ2) is 9.09. The summed E-state index contributed by atoms with van der Waals surface area (Å²) in [5.74, 6) is -1.66. The first-order valence-corrected chi connectivity index (χ1v) is 9.06. The largest absolute Gasteiger partial charge is 0.459 e. The lowest BCUT2D eigenvalue weighted by molar-refractivity contribution is -0.285. The Morgan fingerprint density at radius 1 is 0.833 bits per heavy atom. The molecule has 2 aromatic carbocycles. The fraction of sp³-hybridized carbons (Fsp3) is 0.300. The number of benzene rings is 2. The molecule has 30 heavy (non-hydrogen) atoms. The van der Waals surface area contributed by atoms with Crippen LogP contribution in [-0.4, -0.2) is 64.6 Å². The molecule has 3 rings (SSSR count). The summed E-state index contributed by atoms with van der Waals surface area (Å²) in [6.07, 6.45) is -7.94. The van der Waals surface area contributed by atoms with Crippen molar-refractivity contribution < 1.29 is 39.1 Å². The highest BCUT2D eigenvalue weighted by Gasteiger charge is 2.46. The van der Waals surface area contributed by atoms with Crippen molar-refractivity contribution in [3.63, 3.8) is 0 Å². The van der Waals surface area contributed by atoms with Gasteiger partial charge in [0.25, 0.3) is 0 Å². The first kappa shape index (κ1) is 21.5. The molecule has 0 spiro atoms. The van der Waals surface area contributed by atoms with Crippen molar-refractivity contribution in [2.75, 3.05) is 18.1 Å². The SMILES string of the molecule is Nc1ccccc1C(=O)OC[C@H]1O[C@@H](OC(=O)c2ccccc2N)[C@H](O)[C@@H](O)[C@@H]1O. The van der Waals surface area contributed by atoms with Gasteiger partial charge in [0.1, 0.15) is 31.0 Å². The van der Waals surface area contributed by atoms with Gasteiger partial charge in [0.2, 0.25) is 6.29 Å². The van der Waals surface area contributed by atoms with Crippen LogP contribution in [0.5, 0.6) is 0 Å². The Bertz CT molecular complexity index is 919. The van der Waals surface area contributed by atoms with Crippen LogP contribution in [0.1, 0.15) is 20.7 Å². The third-order valence-corrected chi connectivity index (χ3v) is 4.63. The molecule has 1 aliphatic heterocycles. The van der Waals surface area contributed by atoms with Crippen molar-refractivity contribution in [3.05, 3.63) is 59.7 Å². The van der Waals surface area contributed by atoms with Gasteiger partial charge in [-0.05, 0) is 24.3 Å². The highest BCUT2D eigenvalue weighted by Crippen LogP contribution is 2.24. The van der Waals surface area contributed by atoms with Gasteiger partial charge in [0.15, 0.2) is 0 Å². The highest BCUT2D eigenvalue weighted by atomic mass is 16.7. The Balaban J connectivity index is 1.67. The van der Waals surface area contributed by atoms with Crippen LogP contribution in [0.25, 0.3) is 0 Å². The van der Waals surface area contributed by atoms with Gasteiger partial charge in [-0.2, -0.15) is 0 Å². The van der Waals surface area contributed by atoms with Crippen molar-refractivity contribution in [1.82, 2.24) is 0 Å². The maximum atomic E-state index is 12.3. The van der Waals surface area contributed by atoms with E-state index in [0.29, 0.717) is 0 Å². The van der Waals surface area contributed by atoms with Crippen LogP contribution in [-0.2, 0) is 14.2 Å². The zero-order valence-electron chi connectivity index (χ0n) is 15.8. The van der Waals surface area contributed by atoms with Crippen LogP contribution in [0.4, 0.5) is 11.4 Å². The molecule has 5 atom stereocenters. The molecular weight excluding hydrogens is 396 g/mol. The molecule has 1 aliphatic rings. The van der Waals surface area contributed by atoms with Crippen LogP contribution in [0.3, 0.4) is 0 Å². The predicted octanol–water partition coefficient (Wildman–Crippen LogP) is -0.328. The number of para-hydroxylation sites is 2. The number of rotatable bonds is 5. The molecule has 2 aromatic rings. The fourth-order valence-corrected chi connectivity index (χ4v) is 2.92. The van der Waals surface area contributed by atoms with E-state index in [2.05, 4.69) is 0 Å². The lowest BCUT2D eigenvalue weighted by atomic mass is 9.99. The van der Waals surface area contributed by atoms with Crippen molar-refractivity contribution in [2.45, 2.75) is 30.7 Å². The molecule has 7 N–H and O–H groups in total. The van der Waals surface area contributed by atoms with E-state index < -0.39 is 49.3 Å². The number of nitrogens with two attached hydrogens (primary N) is 2. The van der Waals surface area contributed by atoms with Gasteiger partial charge >= 0.3 is 11.9 Å². The monoisotopic (exact) mass is 418 g/mol. The Morgan fingerprint density at radius 3 is 1.93 bits per heavy atom. The number of nitrogen functional groups attached to an aromatic ring is 2. The van der Waals surface area contributed by atoms with E-state index in [9.17, 15) is 24.9 Å². The molecule has 0 unspecified atom stereocenters. The summed E-state index contributed by atoms with van der Waals surface area (Å²) in [6, 6.07) is 12.3. The molecule has 1 heterocycles. The Labute approximate surface area is 171 Å². The summed E-state index contributed by atoms with van der Waals surface area (Å²) in [5.41, 5.74) is 12.0. The van der Waals surface area contributed by atoms with Crippen LogP contribution in [0.2, 0.25) is 0 Å². The molecule has 0 amide bonds.